The molecule has 0 saturated carbocycles. The van der Waals surface area contributed by atoms with Crippen LogP contribution >= 0.6 is 0 Å². The first kappa shape index (κ1) is 14.4. The van der Waals surface area contributed by atoms with E-state index in [9.17, 15) is 0 Å². The molecule has 0 fully saturated rings. The maximum atomic E-state index is 5.90. The van der Waals surface area contributed by atoms with Gasteiger partial charge in [-0.25, -0.2) is 0 Å². The minimum atomic E-state index is -0.0332. The van der Waals surface area contributed by atoms with Crippen molar-refractivity contribution in [1.29, 1.82) is 0 Å². The van der Waals surface area contributed by atoms with Crippen LogP contribution in [0, 0.1) is 0 Å². The smallest absolute Gasteiger partial charge is 0.123 e. The number of hydrogen-bond donors (Lipinski definition) is 1. The van der Waals surface area contributed by atoms with Crippen LogP contribution in [0.4, 0.5) is 0 Å². The molecule has 106 valence electrons. The average molecular weight is 261 g/mol. The Balaban J connectivity index is 1.77. The van der Waals surface area contributed by atoms with Crippen LogP contribution in [0.3, 0.4) is 0 Å². The van der Waals surface area contributed by atoms with Crippen LogP contribution in [-0.4, -0.2) is 12.1 Å². The lowest BCUT2D eigenvalue weighted by molar-refractivity contribution is 0.138. The summed E-state index contributed by atoms with van der Waals surface area (Å²) in [6.45, 7) is 8.65. The van der Waals surface area contributed by atoms with Gasteiger partial charge in [0.05, 0.1) is 0 Å². The maximum absolute atomic E-state index is 5.90. The van der Waals surface area contributed by atoms with Gasteiger partial charge in [-0.15, -0.1) is 0 Å². The van der Waals surface area contributed by atoms with Crippen molar-refractivity contribution in [1.82, 2.24) is 5.32 Å². The third-order valence-corrected chi connectivity index (χ3v) is 3.66. The number of fused-ring (bicyclic) bond motifs is 1. The fourth-order valence-electron chi connectivity index (χ4n) is 2.68. The van der Waals surface area contributed by atoms with Gasteiger partial charge in [-0.3, -0.25) is 0 Å². The van der Waals surface area contributed by atoms with E-state index in [4.69, 9.17) is 4.74 Å². The Labute approximate surface area is 117 Å². The number of ether oxygens (including phenoxy) is 1. The second-order valence-corrected chi connectivity index (χ2v) is 6.22. The van der Waals surface area contributed by atoms with Gasteiger partial charge in [-0.1, -0.05) is 38.3 Å². The van der Waals surface area contributed by atoms with Crippen LogP contribution in [0.2, 0.25) is 0 Å². The second-order valence-electron chi connectivity index (χ2n) is 6.22. The Hall–Kier alpha value is -1.02. The molecule has 0 aliphatic carbocycles. The largest absolute Gasteiger partial charge is 0.487 e. The fourth-order valence-corrected chi connectivity index (χ4v) is 2.68. The molecule has 2 heteroatoms. The molecule has 0 unspecified atom stereocenters. The van der Waals surface area contributed by atoms with Crippen LogP contribution in [0.5, 0.6) is 5.75 Å². The molecule has 1 N–H and O–H groups in total. The van der Waals surface area contributed by atoms with Crippen molar-refractivity contribution in [3.05, 3.63) is 29.3 Å². The summed E-state index contributed by atoms with van der Waals surface area (Å²) in [4.78, 5) is 0. The van der Waals surface area contributed by atoms with Gasteiger partial charge in [0, 0.05) is 13.0 Å². The molecule has 2 nitrogen and oxygen atoms in total. The highest BCUT2D eigenvalue weighted by Gasteiger charge is 2.29. The minimum Gasteiger partial charge on any atom is -0.487 e. The van der Waals surface area contributed by atoms with E-state index in [1.807, 2.05) is 0 Å². The first-order valence-corrected chi connectivity index (χ1v) is 7.62. The van der Waals surface area contributed by atoms with Crippen LogP contribution in [0.15, 0.2) is 18.2 Å². The Morgan fingerprint density at radius 1 is 1.21 bits per heavy atom. The molecule has 0 bridgehead atoms. The van der Waals surface area contributed by atoms with Gasteiger partial charge in [0.15, 0.2) is 0 Å². The number of hydrogen-bond acceptors (Lipinski definition) is 2. The van der Waals surface area contributed by atoms with E-state index in [0.29, 0.717) is 0 Å². The van der Waals surface area contributed by atoms with E-state index in [1.165, 1.54) is 36.8 Å². The standard InChI is InChI=1S/C17H27NO/c1-4-5-6-7-10-18-13-14-8-9-16-15(11-14)12-17(2,3)19-16/h8-9,11,18H,4-7,10,12-13H2,1-3H3. The van der Waals surface area contributed by atoms with E-state index >= 15 is 0 Å². The van der Waals surface area contributed by atoms with Crippen molar-refractivity contribution in [3.8, 4) is 5.75 Å². The first-order valence-electron chi connectivity index (χ1n) is 7.62. The Kier molecular flexibility index (Phi) is 4.87. The third-order valence-electron chi connectivity index (χ3n) is 3.66. The van der Waals surface area contributed by atoms with Gasteiger partial charge in [-0.05, 0) is 44.0 Å². The van der Waals surface area contributed by atoms with Crippen LogP contribution in [0.25, 0.3) is 0 Å². The van der Waals surface area contributed by atoms with Crippen molar-refractivity contribution >= 4 is 0 Å². The SMILES string of the molecule is CCCCCCNCc1ccc2c(c1)CC(C)(C)O2. The Morgan fingerprint density at radius 3 is 2.84 bits per heavy atom. The Bertz CT molecular complexity index is 412. The maximum Gasteiger partial charge on any atom is 0.123 e. The lowest BCUT2D eigenvalue weighted by Gasteiger charge is -2.16. The molecule has 1 heterocycles. The fraction of sp³-hybridized carbons (Fsp3) is 0.647. The molecule has 1 aromatic carbocycles. The van der Waals surface area contributed by atoms with E-state index in [2.05, 4.69) is 44.3 Å². The quantitative estimate of drug-likeness (QED) is 0.747. The topological polar surface area (TPSA) is 21.3 Å². The first-order chi connectivity index (χ1) is 9.11. The van der Waals surface area contributed by atoms with E-state index < -0.39 is 0 Å². The molecule has 0 saturated heterocycles. The van der Waals surface area contributed by atoms with Crippen LogP contribution in [-0.2, 0) is 13.0 Å². The minimum absolute atomic E-state index is 0.0332. The molecular weight excluding hydrogens is 234 g/mol. The summed E-state index contributed by atoms with van der Waals surface area (Å²) in [5.41, 5.74) is 2.69. The summed E-state index contributed by atoms with van der Waals surface area (Å²) in [5.74, 6) is 1.07. The second kappa shape index (κ2) is 6.42. The zero-order valence-corrected chi connectivity index (χ0v) is 12.6. The summed E-state index contributed by atoms with van der Waals surface area (Å²) < 4.78 is 5.90. The molecule has 0 aromatic heterocycles. The van der Waals surface area contributed by atoms with Gasteiger partial charge in [0.1, 0.15) is 11.4 Å². The Morgan fingerprint density at radius 2 is 2.05 bits per heavy atom. The molecule has 19 heavy (non-hydrogen) atoms. The number of benzene rings is 1. The van der Waals surface area contributed by atoms with Gasteiger partial charge in [0.25, 0.3) is 0 Å². The van der Waals surface area contributed by atoms with E-state index in [-0.39, 0.29) is 5.60 Å². The third kappa shape index (κ3) is 4.24. The normalized spacial score (nSPS) is 16.2. The van der Waals surface area contributed by atoms with Crippen molar-refractivity contribution in [3.63, 3.8) is 0 Å². The van der Waals surface area contributed by atoms with Crippen LogP contribution in [0.1, 0.15) is 57.6 Å². The highest BCUT2D eigenvalue weighted by atomic mass is 16.5. The van der Waals surface area contributed by atoms with Crippen molar-refractivity contribution in [2.75, 3.05) is 6.54 Å². The zero-order valence-electron chi connectivity index (χ0n) is 12.6. The summed E-state index contributed by atoms with van der Waals surface area (Å²) in [7, 11) is 0. The number of unbranched alkanes of at least 4 members (excludes halogenated alkanes) is 3. The van der Waals surface area contributed by atoms with Gasteiger partial charge in [0.2, 0.25) is 0 Å². The summed E-state index contributed by atoms with van der Waals surface area (Å²) in [6.07, 6.45) is 6.31. The summed E-state index contributed by atoms with van der Waals surface area (Å²) in [5, 5.41) is 3.53. The van der Waals surface area contributed by atoms with Gasteiger partial charge in [-0.2, -0.15) is 0 Å². The van der Waals surface area contributed by atoms with E-state index in [0.717, 1.165) is 25.3 Å². The number of nitrogens with one attached hydrogen (secondary N) is 1. The molecule has 1 aromatic rings. The predicted octanol–water partition coefficient (Wildman–Crippen LogP) is 4.07. The zero-order chi connectivity index (χ0) is 13.7. The highest BCUT2D eigenvalue weighted by molar-refractivity contribution is 5.41. The van der Waals surface area contributed by atoms with Crippen molar-refractivity contribution in [2.24, 2.45) is 0 Å². The number of rotatable bonds is 7. The van der Waals surface area contributed by atoms with Crippen molar-refractivity contribution in [2.45, 2.75) is 65.0 Å². The molecular formula is C17H27NO. The summed E-state index contributed by atoms with van der Waals surface area (Å²) in [6, 6.07) is 6.60. The molecule has 0 amide bonds. The lowest BCUT2D eigenvalue weighted by atomic mass is 10.0. The lowest BCUT2D eigenvalue weighted by Crippen LogP contribution is -2.24. The van der Waals surface area contributed by atoms with Gasteiger partial charge < -0.3 is 10.1 Å². The molecule has 1 aliphatic rings. The van der Waals surface area contributed by atoms with Crippen LogP contribution < -0.4 is 10.1 Å². The average Bonchev–Trinajstić information content (AvgIpc) is 2.66. The van der Waals surface area contributed by atoms with Crippen molar-refractivity contribution < 1.29 is 4.74 Å². The van der Waals surface area contributed by atoms with Gasteiger partial charge >= 0.3 is 0 Å². The summed E-state index contributed by atoms with van der Waals surface area (Å²) >= 11 is 0. The highest BCUT2D eigenvalue weighted by Crippen LogP contribution is 2.35. The molecule has 0 spiro atoms. The molecule has 0 radical (unpaired) electrons. The molecule has 0 atom stereocenters. The predicted molar refractivity (Wildman–Crippen MR) is 80.7 cm³/mol. The molecule has 2 rings (SSSR count). The van der Waals surface area contributed by atoms with E-state index in [1.54, 1.807) is 0 Å². The molecule has 1 aliphatic heterocycles. The monoisotopic (exact) mass is 261 g/mol.